The first-order chi connectivity index (χ1) is 19.1. The van der Waals surface area contributed by atoms with Crippen LogP contribution < -0.4 is 10.2 Å². The van der Waals surface area contributed by atoms with Gasteiger partial charge in [0.25, 0.3) is 0 Å². The molecule has 2 heterocycles. The van der Waals surface area contributed by atoms with Crippen LogP contribution in [0.4, 0.5) is 24.5 Å². The number of thiocarbonyl (C=S) groups is 1. The Labute approximate surface area is 247 Å². The molecule has 5 nitrogen and oxygen atoms in total. The third-order valence-corrected chi connectivity index (χ3v) is 9.42. The molecule has 2 aromatic carbocycles. The molecule has 0 unspecified atom stereocenters. The molecule has 0 atom stereocenters. The summed E-state index contributed by atoms with van der Waals surface area (Å²) in [6.07, 6.45) is -0.709. The fourth-order valence-corrected chi connectivity index (χ4v) is 6.45. The van der Waals surface area contributed by atoms with Gasteiger partial charge in [0, 0.05) is 68.1 Å². The summed E-state index contributed by atoms with van der Waals surface area (Å²) in [5, 5.41) is 3.35. The molecule has 40 heavy (non-hydrogen) atoms. The van der Waals surface area contributed by atoms with Gasteiger partial charge in [-0.2, -0.15) is 13.2 Å². The van der Waals surface area contributed by atoms with Gasteiger partial charge in [0.05, 0.1) is 10.6 Å². The van der Waals surface area contributed by atoms with Crippen LogP contribution in [0, 0.1) is 6.92 Å². The number of piperidine rings is 1. The minimum Gasteiger partial charge on any atom is -0.382 e. The van der Waals surface area contributed by atoms with Crippen molar-refractivity contribution in [2.75, 3.05) is 69.6 Å². The van der Waals surface area contributed by atoms with Gasteiger partial charge in [-0.25, -0.2) is 4.31 Å². The van der Waals surface area contributed by atoms with E-state index in [0.717, 1.165) is 88.4 Å². The Bertz CT molecular complexity index is 1100. The Morgan fingerprint density at radius 2 is 1.70 bits per heavy atom. The number of nitrogens with one attached hydrogen (secondary N) is 1. The third kappa shape index (κ3) is 8.74. The maximum Gasteiger partial charge on any atom is 0.417 e. The molecule has 1 N–H and O–H groups in total. The highest BCUT2D eigenvalue weighted by molar-refractivity contribution is 7.97. The van der Waals surface area contributed by atoms with Crippen LogP contribution in [-0.2, 0) is 6.18 Å². The maximum absolute atomic E-state index is 13.7. The Balaban J connectivity index is 1.17. The Hall–Kier alpha value is -2.01. The van der Waals surface area contributed by atoms with Crippen LogP contribution >= 0.6 is 24.2 Å². The van der Waals surface area contributed by atoms with E-state index in [4.69, 9.17) is 12.2 Å². The second kappa shape index (κ2) is 14.2. The standard InChI is InChI=1S/C30H42F3N5S2/c1-4-35(3)40-28-12-9-25(22-27(28)30(31,32)33)34-24-13-16-38(17-14-24)29(39)6-5-15-36-18-20-37(21-19-36)26-10-7-23(2)8-11-26/h7-12,22,24,34H,4-6,13-21H2,1-3H3. The van der Waals surface area contributed by atoms with E-state index in [1.165, 1.54) is 17.3 Å². The average molecular weight is 594 g/mol. The molecule has 0 amide bonds. The zero-order valence-electron chi connectivity index (χ0n) is 23.8. The van der Waals surface area contributed by atoms with Crippen LogP contribution in [0.1, 0.15) is 43.7 Å². The number of alkyl halides is 3. The normalized spacial score (nSPS) is 17.5. The predicted molar refractivity (Wildman–Crippen MR) is 165 cm³/mol. The summed E-state index contributed by atoms with van der Waals surface area (Å²) >= 11 is 6.90. The van der Waals surface area contributed by atoms with E-state index < -0.39 is 11.7 Å². The van der Waals surface area contributed by atoms with Crippen molar-refractivity contribution in [3.05, 3.63) is 53.6 Å². The van der Waals surface area contributed by atoms with Crippen molar-refractivity contribution in [2.24, 2.45) is 0 Å². The molecule has 0 saturated carbocycles. The maximum atomic E-state index is 13.7. The smallest absolute Gasteiger partial charge is 0.382 e. The molecule has 0 spiro atoms. The van der Waals surface area contributed by atoms with Crippen molar-refractivity contribution in [3.63, 3.8) is 0 Å². The van der Waals surface area contributed by atoms with Crippen LogP contribution in [0.5, 0.6) is 0 Å². The summed E-state index contributed by atoms with van der Waals surface area (Å²) in [6.45, 7) is 11.7. The van der Waals surface area contributed by atoms with Crippen LogP contribution in [0.3, 0.4) is 0 Å². The average Bonchev–Trinajstić information content (AvgIpc) is 2.94. The van der Waals surface area contributed by atoms with E-state index >= 15 is 0 Å². The van der Waals surface area contributed by atoms with Crippen LogP contribution in [-0.4, -0.2) is 84.5 Å². The number of benzene rings is 2. The van der Waals surface area contributed by atoms with E-state index in [1.54, 1.807) is 23.5 Å². The Kier molecular flexibility index (Phi) is 11.0. The quantitative estimate of drug-likeness (QED) is 0.240. The molecule has 0 bridgehead atoms. The van der Waals surface area contributed by atoms with E-state index in [1.807, 2.05) is 6.92 Å². The summed E-state index contributed by atoms with van der Waals surface area (Å²) < 4.78 is 43.0. The monoisotopic (exact) mass is 593 g/mol. The molecule has 2 aromatic rings. The molecule has 2 fully saturated rings. The van der Waals surface area contributed by atoms with Crippen molar-refractivity contribution in [1.29, 1.82) is 0 Å². The number of rotatable bonds is 10. The second-order valence-corrected chi connectivity index (χ2v) is 12.5. The molecule has 10 heteroatoms. The number of aryl methyl sites for hydroxylation is 1. The van der Waals surface area contributed by atoms with E-state index in [0.29, 0.717) is 12.2 Å². The molecule has 2 saturated heterocycles. The third-order valence-electron chi connectivity index (χ3n) is 7.84. The lowest BCUT2D eigenvalue weighted by atomic mass is 10.0. The first-order valence-electron chi connectivity index (χ1n) is 14.3. The lowest BCUT2D eigenvalue weighted by Gasteiger charge is -2.37. The molecule has 0 aliphatic carbocycles. The number of piperazine rings is 1. The number of halogens is 3. The van der Waals surface area contributed by atoms with Crippen molar-refractivity contribution in [3.8, 4) is 0 Å². The molecule has 220 valence electrons. The zero-order chi connectivity index (χ0) is 28.7. The Morgan fingerprint density at radius 3 is 2.33 bits per heavy atom. The molecular weight excluding hydrogens is 551 g/mol. The van der Waals surface area contributed by atoms with E-state index in [2.05, 4.69) is 51.2 Å². The van der Waals surface area contributed by atoms with E-state index in [9.17, 15) is 13.2 Å². The van der Waals surface area contributed by atoms with Gasteiger partial charge >= 0.3 is 6.18 Å². The summed E-state index contributed by atoms with van der Waals surface area (Å²) in [7, 11) is 1.79. The molecule has 4 rings (SSSR count). The van der Waals surface area contributed by atoms with Gasteiger partial charge in [-0.3, -0.25) is 4.90 Å². The summed E-state index contributed by atoms with van der Waals surface area (Å²) in [5.74, 6) is 0. The highest BCUT2D eigenvalue weighted by Crippen LogP contribution is 2.39. The lowest BCUT2D eigenvalue weighted by Crippen LogP contribution is -2.47. The largest absolute Gasteiger partial charge is 0.417 e. The van der Waals surface area contributed by atoms with Gasteiger partial charge in [0.15, 0.2) is 0 Å². The fourth-order valence-electron chi connectivity index (χ4n) is 5.26. The number of likely N-dealkylation sites (tertiary alicyclic amines) is 1. The van der Waals surface area contributed by atoms with Gasteiger partial charge in [0.1, 0.15) is 0 Å². The number of nitrogens with zero attached hydrogens (tertiary/aromatic N) is 4. The minimum atomic E-state index is -4.39. The van der Waals surface area contributed by atoms with Crippen LogP contribution in [0.2, 0.25) is 0 Å². The van der Waals surface area contributed by atoms with E-state index in [-0.39, 0.29) is 10.9 Å². The van der Waals surface area contributed by atoms with Gasteiger partial charge < -0.3 is 15.1 Å². The summed E-state index contributed by atoms with van der Waals surface area (Å²) in [6, 6.07) is 13.5. The van der Waals surface area contributed by atoms with Gasteiger partial charge in [-0.05, 0) is 88.5 Å². The highest BCUT2D eigenvalue weighted by Gasteiger charge is 2.34. The van der Waals surface area contributed by atoms with Crippen molar-refractivity contribution in [1.82, 2.24) is 14.1 Å². The fraction of sp³-hybridized carbons (Fsp3) is 0.567. The van der Waals surface area contributed by atoms with Crippen molar-refractivity contribution < 1.29 is 13.2 Å². The number of hydrogen-bond donors (Lipinski definition) is 1. The van der Waals surface area contributed by atoms with Gasteiger partial charge in [0.2, 0.25) is 0 Å². The highest BCUT2D eigenvalue weighted by atomic mass is 32.2. The first-order valence-corrected chi connectivity index (χ1v) is 15.5. The first kappa shape index (κ1) is 30.9. The molecular formula is C30H42F3N5S2. The van der Waals surface area contributed by atoms with Gasteiger partial charge in [-0.15, -0.1) is 0 Å². The predicted octanol–water partition coefficient (Wildman–Crippen LogP) is 6.78. The SMILES string of the molecule is CCN(C)Sc1ccc(NC2CCN(C(=S)CCCN3CCN(c4ccc(C)cc4)CC3)CC2)cc1C(F)(F)F. The number of anilines is 2. The summed E-state index contributed by atoms with van der Waals surface area (Å²) in [4.78, 5) is 8.52. The molecule has 0 radical (unpaired) electrons. The van der Waals surface area contributed by atoms with Crippen molar-refractivity contribution in [2.45, 2.75) is 56.6 Å². The topological polar surface area (TPSA) is 25.0 Å². The lowest BCUT2D eigenvalue weighted by molar-refractivity contribution is -0.139. The molecule has 0 aromatic heterocycles. The molecule has 2 aliphatic heterocycles. The summed E-state index contributed by atoms with van der Waals surface area (Å²) in [5.41, 5.74) is 2.54. The Morgan fingerprint density at radius 1 is 1.02 bits per heavy atom. The van der Waals surface area contributed by atoms with Crippen LogP contribution in [0.25, 0.3) is 0 Å². The minimum absolute atomic E-state index is 0.141. The van der Waals surface area contributed by atoms with Crippen molar-refractivity contribution >= 4 is 40.5 Å². The molecule has 2 aliphatic rings. The zero-order valence-corrected chi connectivity index (χ0v) is 25.5. The number of hydrogen-bond acceptors (Lipinski definition) is 6. The van der Waals surface area contributed by atoms with Crippen LogP contribution in [0.15, 0.2) is 47.4 Å². The van der Waals surface area contributed by atoms with Gasteiger partial charge in [-0.1, -0.05) is 36.8 Å². The second-order valence-electron chi connectivity index (χ2n) is 10.8.